The third-order valence-electron chi connectivity index (χ3n) is 2.24. The number of hydrogen-bond donors (Lipinski definition) is 2. The summed E-state index contributed by atoms with van der Waals surface area (Å²) < 4.78 is 32.7. The second-order valence-corrected chi connectivity index (χ2v) is 6.67. The monoisotopic (exact) mass is 380 g/mol. The van der Waals surface area contributed by atoms with Gasteiger partial charge in [-0.2, -0.15) is 8.75 Å². The second-order valence-electron chi connectivity index (χ2n) is 3.72. The molecule has 0 unspecified atom stereocenters. The molecule has 2 amide bonds. The first-order valence-electron chi connectivity index (χ1n) is 5.42. The van der Waals surface area contributed by atoms with Gasteiger partial charge in [-0.3, -0.25) is 10.1 Å². The van der Waals surface area contributed by atoms with Gasteiger partial charge in [-0.05, 0) is 12.1 Å². The average molecular weight is 381 g/mol. The van der Waals surface area contributed by atoms with Crippen molar-refractivity contribution in [2.75, 3.05) is 5.32 Å². The first-order valence-corrected chi connectivity index (χ1v) is 8.39. The van der Waals surface area contributed by atoms with E-state index in [0.29, 0.717) is 11.7 Å². The van der Waals surface area contributed by atoms with Crippen molar-refractivity contribution in [3.05, 3.63) is 44.7 Å². The Morgan fingerprint density at radius 2 is 1.86 bits per heavy atom. The highest BCUT2D eigenvalue weighted by atomic mass is 35.5. The van der Waals surface area contributed by atoms with Crippen LogP contribution < -0.4 is 15.5 Å². The Morgan fingerprint density at radius 1 is 1.18 bits per heavy atom. The summed E-state index contributed by atoms with van der Waals surface area (Å²) >= 11 is 11.8. The molecule has 2 aromatic rings. The average Bonchev–Trinajstić information content (AvgIpc) is 2.43. The Labute approximate surface area is 138 Å². The van der Waals surface area contributed by atoms with E-state index < -0.39 is 27.3 Å². The van der Waals surface area contributed by atoms with Crippen LogP contribution in [0.3, 0.4) is 0 Å². The van der Waals surface area contributed by atoms with Crippen LogP contribution in [0, 0.1) is 0 Å². The fourth-order valence-electron chi connectivity index (χ4n) is 1.33. The van der Waals surface area contributed by atoms with Crippen molar-refractivity contribution in [1.82, 2.24) is 13.5 Å². The number of rotatable bonds is 3. The molecule has 0 atom stereocenters. The van der Waals surface area contributed by atoms with Gasteiger partial charge in [0, 0.05) is 0 Å². The molecule has 0 saturated carbocycles. The lowest BCUT2D eigenvalue weighted by molar-refractivity contribution is 0.256. The summed E-state index contributed by atoms with van der Waals surface area (Å²) in [5.74, 6) is -0.433. The Bertz CT molecular complexity index is 884. The second kappa shape index (κ2) is 6.57. The molecule has 0 spiro atoms. The Morgan fingerprint density at radius 3 is 2.55 bits per heavy atom. The minimum Gasteiger partial charge on any atom is -0.287 e. The Kier molecular flexibility index (Phi) is 4.96. The van der Waals surface area contributed by atoms with Crippen LogP contribution in [0.1, 0.15) is 0 Å². The fraction of sp³-hybridized carbons (Fsp3) is 0. The van der Waals surface area contributed by atoms with Crippen LogP contribution in [0.5, 0.6) is 0 Å². The lowest BCUT2D eigenvalue weighted by atomic mass is 10.4. The maximum Gasteiger partial charge on any atom is 0.334 e. The highest BCUT2D eigenvalue weighted by Gasteiger charge is 2.21. The third-order valence-corrected chi connectivity index (χ3v) is 4.96. The molecule has 2 N–H and O–H groups in total. The number of hydrogen-bond acceptors (Lipinski definition) is 7. The van der Waals surface area contributed by atoms with Crippen molar-refractivity contribution >= 4 is 56.8 Å². The first-order chi connectivity index (χ1) is 10.3. The summed E-state index contributed by atoms with van der Waals surface area (Å²) in [7, 11) is -4.20. The number of halogens is 2. The molecule has 22 heavy (non-hydrogen) atoms. The maximum absolute atomic E-state index is 12.0. The van der Waals surface area contributed by atoms with E-state index in [1.165, 1.54) is 24.3 Å². The molecule has 0 aliphatic rings. The smallest absolute Gasteiger partial charge is 0.287 e. The van der Waals surface area contributed by atoms with Gasteiger partial charge in [0.1, 0.15) is 4.90 Å². The molecule has 0 bridgehead atoms. The maximum atomic E-state index is 12.0. The molecule has 0 fully saturated rings. The predicted octanol–water partition coefficient (Wildman–Crippen LogP) is 1.72. The van der Waals surface area contributed by atoms with Crippen LogP contribution in [0.15, 0.2) is 34.0 Å². The molecular formula is C10H6Cl2N4O4S2. The number of amides is 2. The number of anilines is 1. The molecule has 1 heterocycles. The number of nitrogens with zero attached hydrogens (tertiary/aromatic N) is 2. The number of sulfonamides is 1. The molecule has 0 saturated heterocycles. The normalized spacial score (nSPS) is 11.0. The zero-order chi connectivity index (χ0) is 16.3. The van der Waals surface area contributed by atoms with E-state index in [1.807, 2.05) is 5.32 Å². The Hall–Kier alpha value is -1.75. The van der Waals surface area contributed by atoms with Crippen LogP contribution in [0.2, 0.25) is 10.2 Å². The molecule has 8 nitrogen and oxygen atoms in total. The third kappa shape index (κ3) is 3.71. The van der Waals surface area contributed by atoms with Gasteiger partial charge >= 0.3 is 6.03 Å². The first kappa shape index (κ1) is 16.6. The van der Waals surface area contributed by atoms with Crippen LogP contribution in [0.4, 0.5) is 10.6 Å². The number of carbonyl (C=O) groups is 1. The van der Waals surface area contributed by atoms with E-state index in [-0.39, 0.29) is 15.1 Å². The summed E-state index contributed by atoms with van der Waals surface area (Å²) in [4.78, 5) is 22.9. The van der Waals surface area contributed by atoms with Crippen molar-refractivity contribution in [2.45, 2.75) is 4.90 Å². The van der Waals surface area contributed by atoms with Gasteiger partial charge in [0.25, 0.3) is 15.5 Å². The van der Waals surface area contributed by atoms with Crippen molar-refractivity contribution < 1.29 is 13.2 Å². The van der Waals surface area contributed by atoms with Crippen molar-refractivity contribution in [2.24, 2.45) is 0 Å². The largest absolute Gasteiger partial charge is 0.334 e. The summed E-state index contributed by atoms with van der Waals surface area (Å²) in [6.45, 7) is 0. The van der Waals surface area contributed by atoms with Gasteiger partial charge in [-0.15, -0.1) is 0 Å². The van der Waals surface area contributed by atoms with Gasteiger partial charge in [0.05, 0.1) is 16.8 Å². The summed E-state index contributed by atoms with van der Waals surface area (Å²) in [5.41, 5.74) is -0.828. The topological polar surface area (TPSA) is 118 Å². The lowest BCUT2D eigenvalue weighted by Gasteiger charge is -2.08. The van der Waals surface area contributed by atoms with E-state index >= 15 is 0 Å². The van der Waals surface area contributed by atoms with Crippen LogP contribution in [-0.4, -0.2) is 23.2 Å². The molecule has 1 aromatic carbocycles. The SMILES string of the molecule is O=C(Nc1nsnc(Cl)c1=O)NS(=O)(=O)c1ccccc1Cl. The summed E-state index contributed by atoms with van der Waals surface area (Å²) in [5, 5.41) is 1.55. The quantitative estimate of drug-likeness (QED) is 0.836. The van der Waals surface area contributed by atoms with Crippen molar-refractivity contribution in [1.29, 1.82) is 0 Å². The zero-order valence-electron chi connectivity index (χ0n) is 10.4. The molecule has 0 radical (unpaired) electrons. The van der Waals surface area contributed by atoms with Crippen LogP contribution in [-0.2, 0) is 10.0 Å². The van der Waals surface area contributed by atoms with E-state index in [0.717, 1.165) is 0 Å². The van der Waals surface area contributed by atoms with Crippen molar-refractivity contribution in [3.8, 4) is 0 Å². The molecular weight excluding hydrogens is 375 g/mol. The fourth-order valence-corrected chi connectivity index (χ4v) is 3.35. The van der Waals surface area contributed by atoms with Crippen molar-refractivity contribution in [3.63, 3.8) is 0 Å². The van der Waals surface area contributed by atoms with Gasteiger partial charge in [-0.1, -0.05) is 35.3 Å². The molecule has 0 aliphatic heterocycles. The molecule has 2 rings (SSSR count). The Balaban J connectivity index is 2.20. The number of nitrogens with one attached hydrogen (secondary N) is 2. The van der Waals surface area contributed by atoms with Gasteiger partial charge in [0.2, 0.25) is 0 Å². The summed E-state index contributed by atoms with van der Waals surface area (Å²) in [6, 6.07) is 4.38. The van der Waals surface area contributed by atoms with E-state index in [1.54, 1.807) is 4.72 Å². The van der Waals surface area contributed by atoms with Crippen LogP contribution >= 0.6 is 34.9 Å². The van der Waals surface area contributed by atoms with E-state index in [2.05, 4.69) is 8.75 Å². The molecule has 1 aromatic heterocycles. The zero-order valence-corrected chi connectivity index (χ0v) is 13.6. The van der Waals surface area contributed by atoms with Gasteiger partial charge in [-0.25, -0.2) is 17.9 Å². The molecule has 0 aliphatic carbocycles. The number of benzene rings is 1. The minimum atomic E-state index is -4.20. The summed E-state index contributed by atoms with van der Waals surface area (Å²) in [6.07, 6.45) is 0. The molecule has 116 valence electrons. The number of aromatic nitrogens is 2. The lowest BCUT2D eigenvalue weighted by Crippen LogP contribution is -2.36. The van der Waals surface area contributed by atoms with E-state index in [9.17, 15) is 18.0 Å². The predicted molar refractivity (Wildman–Crippen MR) is 82.0 cm³/mol. The van der Waals surface area contributed by atoms with Gasteiger partial charge in [0.15, 0.2) is 11.0 Å². The minimum absolute atomic E-state index is 0.0559. The van der Waals surface area contributed by atoms with Crippen LogP contribution in [0.25, 0.3) is 0 Å². The number of carbonyl (C=O) groups excluding carboxylic acids is 1. The van der Waals surface area contributed by atoms with Gasteiger partial charge < -0.3 is 0 Å². The van der Waals surface area contributed by atoms with E-state index in [4.69, 9.17) is 23.2 Å². The number of urea groups is 1. The highest BCUT2D eigenvalue weighted by molar-refractivity contribution is 7.90. The highest BCUT2D eigenvalue weighted by Crippen LogP contribution is 2.20. The molecule has 12 heteroatoms. The standard InChI is InChI=1S/C10H6Cl2N4O4S2/c11-5-3-1-2-4-6(5)22(19,20)16-10(18)13-9-7(17)8(12)14-21-15-9/h1-4H,(H2,13,15,16,18).